The maximum atomic E-state index is 12.3. The summed E-state index contributed by atoms with van der Waals surface area (Å²) >= 11 is 0. The molecule has 4 aromatic rings. The lowest BCUT2D eigenvalue weighted by Gasteiger charge is -2.35. The fourth-order valence-corrected chi connectivity index (χ4v) is 5.81. The molecule has 230 valence electrons. The number of benzene rings is 2. The van der Waals surface area contributed by atoms with Crippen molar-refractivity contribution >= 4 is 32.9 Å². The van der Waals surface area contributed by atoms with Crippen LogP contribution < -0.4 is 14.4 Å². The Balaban J connectivity index is 1.31. The van der Waals surface area contributed by atoms with Gasteiger partial charge >= 0.3 is 0 Å². The molecule has 0 radical (unpaired) electrons. The first-order valence-corrected chi connectivity index (χ1v) is 15.9. The number of para-hydroxylation sites is 1. The highest BCUT2D eigenvalue weighted by molar-refractivity contribution is 7.92. The summed E-state index contributed by atoms with van der Waals surface area (Å²) in [6.07, 6.45) is 2.43. The lowest BCUT2D eigenvalue weighted by Crippen LogP contribution is -2.48. The van der Waals surface area contributed by atoms with Crippen LogP contribution in [-0.4, -0.2) is 111 Å². The van der Waals surface area contributed by atoms with E-state index in [1.807, 2.05) is 42.5 Å². The van der Waals surface area contributed by atoms with Gasteiger partial charge in [-0.1, -0.05) is 24.3 Å². The van der Waals surface area contributed by atoms with Gasteiger partial charge in [0, 0.05) is 59.0 Å². The minimum Gasteiger partial charge on any atom is -0.495 e. The van der Waals surface area contributed by atoms with Crippen LogP contribution in [0.1, 0.15) is 5.56 Å². The van der Waals surface area contributed by atoms with Crippen LogP contribution in [0.2, 0.25) is 0 Å². The third-order valence-corrected chi connectivity index (χ3v) is 8.82. The quantitative estimate of drug-likeness (QED) is 0.248. The highest BCUT2D eigenvalue weighted by Gasteiger charge is 2.21. The lowest BCUT2D eigenvalue weighted by atomic mass is 10.1. The predicted molar refractivity (Wildman–Crippen MR) is 168 cm³/mol. The number of aliphatic hydroxyl groups excluding tert-OH is 1. The number of hydrogen-bond acceptors (Lipinski definition) is 10. The molecule has 2 aromatic heterocycles. The second-order valence-corrected chi connectivity index (χ2v) is 12.7. The number of methoxy groups -OCH3 is 2. The van der Waals surface area contributed by atoms with Crippen molar-refractivity contribution in [2.24, 2.45) is 0 Å². The maximum absolute atomic E-state index is 12.3. The third-order valence-electron chi connectivity index (χ3n) is 7.63. The Morgan fingerprint density at radius 3 is 2.51 bits per heavy atom. The molecule has 0 aliphatic carbocycles. The fourth-order valence-electron chi connectivity index (χ4n) is 5.30. The molecule has 2 N–H and O–H groups in total. The molecule has 0 spiro atoms. The summed E-state index contributed by atoms with van der Waals surface area (Å²) in [7, 11) is 1.32. The van der Waals surface area contributed by atoms with E-state index in [1.54, 1.807) is 31.0 Å². The molecule has 0 amide bonds. The number of rotatable bonds is 12. The van der Waals surface area contributed by atoms with Crippen molar-refractivity contribution in [2.75, 3.05) is 76.5 Å². The molecular weight excluding hydrogens is 570 g/mol. The molecule has 43 heavy (non-hydrogen) atoms. The zero-order chi connectivity index (χ0) is 30.6. The zero-order valence-electron chi connectivity index (χ0n) is 25.0. The summed E-state index contributed by atoms with van der Waals surface area (Å²) in [4.78, 5) is 9.15. The summed E-state index contributed by atoms with van der Waals surface area (Å²) < 4.78 is 38.4. The molecule has 0 saturated carbocycles. The van der Waals surface area contributed by atoms with Crippen molar-refractivity contribution in [3.05, 3.63) is 66.4 Å². The Labute approximate surface area is 252 Å². The molecule has 1 unspecified atom stereocenters. The summed E-state index contributed by atoms with van der Waals surface area (Å²) in [6.45, 7) is 5.39. The van der Waals surface area contributed by atoms with Crippen molar-refractivity contribution in [1.29, 1.82) is 0 Å². The van der Waals surface area contributed by atoms with Gasteiger partial charge in [0.1, 0.15) is 5.75 Å². The zero-order valence-corrected chi connectivity index (χ0v) is 25.8. The SMILES string of the molecule is COCC(O)CN1CCN(Cc2ccc(Nc3ncc4ccc(-c5ccccc5N(C)S(C)(=O)=O)n4n3)c(OC)c2)CC1. The summed E-state index contributed by atoms with van der Waals surface area (Å²) in [5.74, 6) is 1.05. The summed E-state index contributed by atoms with van der Waals surface area (Å²) in [5.41, 5.74) is 4.66. The number of nitrogens with zero attached hydrogens (tertiary/aromatic N) is 6. The van der Waals surface area contributed by atoms with Crippen molar-refractivity contribution in [2.45, 2.75) is 12.6 Å². The highest BCUT2D eigenvalue weighted by atomic mass is 32.2. The number of hydrogen-bond donors (Lipinski definition) is 2. The number of piperazine rings is 1. The number of aromatic nitrogens is 3. The second-order valence-electron chi connectivity index (χ2n) is 10.7. The molecule has 1 aliphatic rings. The van der Waals surface area contributed by atoms with Gasteiger partial charge in [0.25, 0.3) is 0 Å². The highest BCUT2D eigenvalue weighted by Crippen LogP contribution is 2.33. The van der Waals surface area contributed by atoms with E-state index in [4.69, 9.17) is 14.6 Å². The van der Waals surface area contributed by atoms with Gasteiger partial charge < -0.3 is 19.9 Å². The van der Waals surface area contributed by atoms with E-state index in [0.29, 0.717) is 30.5 Å². The molecule has 12 nitrogen and oxygen atoms in total. The minimum absolute atomic E-state index is 0.350. The Morgan fingerprint density at radius 1 is 1.05 bits per heavy atom. The van der Waals surface area contributed by atoms with Crippen LogP contribution in [0.3, 0.4) is 0 Å². The first-order valence-electron chi connectivity index (χ1n) is 14.1. The Morgan fingerprint density at radius 2 is 1.79 bits per heavy atom. The van der Waals surface area contributed by atoms with Crippen molar-refractivity contribution in [1.82, 2.24) is 24.4 Å². The number of β-amino-alcohol motifs (C(OH)–C–C–N with tert-alkyl or cyclic N) is 1. The topological polar surface area (TPSA) is 125 Å². The number of anilines is 3. The number of nitrogens with one attached hydrogen (secondary N) is 1. The van der Waals surface area contributed by atoms with Crippen molar-refractivity contribution in [3.63, 3.8) is 0 Å². The van der Waals surface area contributed by atoms with E-state index >= 15 is 0 Å². The van der Waals surface area contributed by atoms with Gasteiger partial charge in [-0.05, 0) is 35.9 Å². The smallest absolute Gasteiger partial charge is 0.245 e. The van der Waals surface area contributed by atoms with E-state index in [-0.39, 0.29) is 0 Å². The predicted octanol–water partition coefficient (Wildman–Crippen LogP) is 2.67. The third kappa shape index (κ3) is 7.25. The maximum Gasteiger partial charge on any atom is 0.245 e. The van der Waals surface area contributed by atoms with Gasteiger partial charge in [-0.25, -0.2) is 17.9 Å². The van der Waals surface area contributed by atoms with E-state index in [0.717, 1.165) is 60.7 Å². The Hall–Kier alpha value is -3.75. The fraction of sp³-hybridized carbons (Fsp3) is 0.400. The average molecular weight is 610 g/mol. The van der Waals surface area contributed by atoms with Crippen LogP contribution in [0.5, 0.6) is 5.75 Å². The van der Waals surface area contributed by atoms with Crippen molar-refractivity contribution < 1.29 is 23.0 Å². The van der Waals surface area contributed by atoms with Gasteiger partial charge in [0.05, 0.1) is 54.9 Å². The van der Waals surface area contributed by atoms with Crippen LogP contribution >= 0.6 is 0 Å². The van der Waals surface area contributed by atoms with Crippen LogP contribution in [0.4, 0.5) is 17.3 Å². The Kier molecular flexibility index (Phi) is 9.47. The molecule has 1 atom stereocenters. The molecule has 0 bridgehead atoms. The molecule has 3 heterocycles. The van der Waals surface area contributed by atoms with E-state index < -0.39 is 16.1 Å². The standard InChI is InChI=1S/C30H39N7O5S/c1-34(43(4,39)40)27-8-6-5-7-25(27)28-12-10-23-18-31-30(33-37(23)28)32-26-11-9-22(17-29(26)42-3)19-35-13-15-36(16-14-35)20-24(38)21-41-2/h5-12,17-18,24,38H,13-16,19-21H2,1-4H3,(H,32,33). The van der Waals surface area contributed by atoms with Crippen molar-refractivity contribution in [3.8, 4) is 17.0 Å². The van der Waals surface area contributed by atoms with Crippen LogP contribution in [0, 0.1) is 0 Å². The molecule has 5 rings (SSSR count). The van der Waals surface area contributed by atoms with E-state index in [2.05, 4.69) is 26.2 Å². The van der Waals surface area contributed by atoms with E-state index in [1.165, 1.54) is 17.6 Å². The first kappa shape index (κ1) is 30.7. The molecule has 1 aliphatic heterocycles. The number of sulfonamides is 1. The normalized spacial score (nSPS) is 15.5. The molecule has 2 aromatic carbocycles. The summed E-state index contributed by atoms with van der Waals surface area (Å²) in [6, 6.07) is 17.2. The number of ether oxygens (including phenoxy) is 2. The summed E-state index contributed by atoms with van der Waals surface area (Å²) in [5, 5.41) is 18.0. The van der Waals surface area contributed by atoms with Gasteiger partial charge in [0.2, 0.25) is 16.0 Å². The van der Waals surface area contributed by atoms with Gasteiger partial charge in [-0.15, -0.1) is 5.10 Å². The minimum atomic E-state index is -3.45. The first-order chi connectivity index (χ1) is 20.7. The largest absolute Gasteiger partial charge is 0.495 e. The average Bonchev–Trinajstić information content (AvgIpc) is 3.41. The van der Waals surface area contributed by atoms with Crippen LogP contribution in [-0.2, 0) is 21.3 Å². The van der Waals surface area contributed by atoms with E-state index in [9.17, 15) is 13.5 Å². The van der Waals surface area contributed by atoms with Gasteiger partial charge in [0.15, 0.2) is 0 Å². The monoisotopic (exact) mass is 609 g/mol. The van der Waals surface area contributed by atoms with Crippen LogP contribution in [0.25, 0.3) is 16.8 Å². The number of fused-ring (bicyclic) bond motifs is 1. The van der Waals surface area contributed by atoms with Gasteiger partial charge in [-0.2, -0.15) is 0 Å². The number of aliphatic hydroxyl groups is 1. The van der Waals surface area contributed by atoms with Gasteiger partial charge in [-0.3, -0.25) is 14.1 Å². The van der Waals surface area contributed by atoms with Crippen LogP contribution in [0.15, 0.2) is 60.8 Å². The second kappa shape index (κ2) is 13.3. The molecule has 1 saturated heterocycles. The lowest BCUT2D eigenvalue weighted by molar-refractivity contribution is 0.0230. The molecular formula is C30H39N7O5S. The molecule has 1 fully saturated rings. The molecule has 13 heteroatoms. The Bertz CT molecular complexity index is 1650.